The van der Waals surface area contributed by atoms with Crippen molar-refractivity contribution in [3.05, 3.63) is 48.2 Å². The fraction of sp³-hybridized carbons (Fsp3) is 0. The lowest BCUT2D eigenvalue weighted by molar-refractivity contribution is -0.131. The Morgan fingerprint density at radius 1 is 1.21 bits per heavy atom. The molecule has 1 rings (SSSR count). The minimum absolute atomic E-state index is 0.330. The lowest BCUT2D eigenvalue weighted by Crippen LogP contribution is -2.17. The summed E-state index contributed by atoms with van der Waals surface area (Å²) in [6.45, 7) is 0. The normalized spacial score (nSPS) is 10.0. The Balaban J connectivity index is 2.56. The Morgan fingerprint density at radius 2 is 1.86 bits per heavy atom. The third-order valence-corrected chi connectivity index (χ3v) is 1.48. The molecule has 0 bridgehead atoms. The molecule has 1 aromatic carbocycles. The predicted molar refractivity (Wildman–Crippen MR) is 50.7 cm³/mol. The van der Waals surface area contributed by atoms with Gasteiger partial charge < -0.3 is 10.4 Å². The highest BCUT2D eigenvalue weighted by Gasteiger charge is 2.00. The van der Waals surface area contributed by atoms with Crippen LogP contribution in [0.2, 0.25) is 0 Å². The molecular formula is C10H9NO3. The predicted octanol–water partition coefficient (Wildman–Crippen LogP) is 1.01. The van der Waals surface area contributed by atoms with Gasteiger partial charge in [-0.2, -0.15) is 0 Å². The molecule has 4 heteroatoms. The van der Waals surface area contributed by atoms with Crippen molar-refractivity contribution in [3.8, 4) is 0 Å². The second-order valence-corrected chi connectivity index (χ2v) is 2.51. The maximum Gasteiger partial charge on any atom is 0.329 e. The van der Waals surface area contributed by atoms with Gasteiger partial charge in [-0.05, 0) is 12.1 Å². The van der Waals surface area contributed by atoms with Crippen molar-refractivity contribution in [2.45, 2.75) is 0 Å². The molecule has 72 valence electrons. The SMILES string of the molecule is O=C(O)/C=C/NC(=O)c1ccccc1. The largest absolute Gasteiger partial charge is 0.478 e. The highest BCUT2D eigenvalue weighted by atomic mass is 16.4. The minimum atomic E-state index is -1.10. The van der Waals surface area contributed by atoms with Gasteiger partial charge in [-0.15, -0.1) is 0 Å². The molecule has 0 saturated heterocycles. The fourth-order valence-electron chi connectivity index (χ4n) is 0.862. The van der Waals surface area contributed by atoms with E-state index >= 15 is 0 Å². The van der Waals surface area contributed by atoms with E-state index in [1.54, 1.807) is 30.3 Å². The summed E-state index contributed by atoms with van der Waals surface area (Å²) in [6, 6.07) is 8.55. The zero-order valence-electron chi connectivity index (χ0n) is 7.31. The molecule has 0 atom stereocenters. The van der Waals surface area contributed by atoms with Crippen LogP contribution in [0.4, 0.5) is 0 Å². The Labute approximate surface area is 80.9 Å². The van der Waals surface area contributed by atoms with Gasteiger partial charge in [0.05, 0.1) is 0 Å². The van der Waals surface area contributed by atoms with Crippen molar-refractivity contribution >= 4 is 11.9 Å². The topological polar surface area (TPSA) is 66.4 Å². The Hall–Kier alpha value is -2.10. The molecule has 0 heterocycles. The molecule has 4 nitrogen and oxygen atoms in total. The lowest BCUT2D eigenvalue weighted by atomic mass is 10.2. The van der Waals surface area contributed by atoms with Gasteiger partial charge in [0.15, 0.2) is 0 Å². The van der Waals surface area contributed by atoms with Crippen LogP contribution in [0.5, 0.6) is 0 Å². The molecule has 1 aromatic rings. The zero-order valence-corrected chi connectivity index (χ0v) is 7.31. The fourth-order valence-corrected chi connectivity index (χ4v) is 0.862. The highest BCUT2D eigenvalue weighted by molar-refractivity contribution is 5.95. The average Bonchev–Trinajstić information content (AvgIpc) is 2.18. The number of carbonyl (C=O) groups is 2. The van der Waals surface area contributed by atoms with E-state index in [-0.39, 0.29) is 5.91 Å². The van der Waals surface area contributed by atoms with Crippen LogP contribution in [0.25, 0.3) is 0 Å². The summed E-state index contributed by atoms with van der Waals surface area (Å²) < 4.78 is 0. The van der Waals surface area contributed by atoms with Crippen LogP contribution in [0, 0.1) is 0 Å². The Kier molecular flexibility index (Phi) is 3.43. The third-order valence-electron chi connectivity index (χ3n) is 1.48. The van der Waals surface area contributed by atoms with E-state index < -0.39 is 5.97 Å². The van der Waals surface area contributed by atoms with Gasteiger partial charge >= 0.3 is 5.97 Å². The molecule has 0 unspecified atom stereocenters. The van der Waals surface area contributed by atoms with Gasteiger partial charge in [0.2, 0.25) is 0 Å². The maximum absolute atomic E-state index is 11.3. The first-order chi connectivity index (χ1) is 6.70. The first-order valence-corrected chi connectivity index (χ1v) is 3.95. The summed E-state index contributed by atoms with van der Waals surface area (Å²) in [7, 11) is 0. The average molecular weight is 191 g/mol. The summed E-state index contributed by atoms with van der Waals surface area (Å²) in [5.41, 5.74) is 0.488. The molecule has 0 aliphatic carbocycles. The van der Waals surface area contributed by atoms with Crippen molar-refractivity contribution < 1.29 is 14.7 Å². The van der Waals surface area contributed by atoms with E-state index in [4.69, 9.17) is 5.11 Å². The Morgan fingerprint density at radius 3 is 2.43 bits per heavy atom. The van der Waals surface area contributed by atoms with Gasteiger partial charge in [-0.3, -0.25) is 4.79 Å². The van der Waals surface area contributed by atoms with Crippen molar-refractivity contribution in [1.29, 1.82) is 0 Å². The molecule has 2 N–H and O–H groups in total. The number of hydrogen-bond donors (Lipinski definition) is 2. The second kappa shape index (κ2) is 4.81. The van der Waals surface area contributed by atoms with Crippen molar-refractivity contribution in [1.82, 2.24) is 5.32 Å². The number of aliphatic carboxylic acids is 1. The number of carbonyl (C=O) groups excluding carboxylic acids is 1. The molecule has 0 saturated carbocycles. The summed E-state index contributed by atoms with van der Waals surface area (Å²) >= 11 is 0. The molecule has 0 aliphatic heterocycles. The third kappa shape index (κ3) is 3.10. The number of nitrogens with one attached hydrogen (secondary N) is 1. The number of amides is 1. The van der Waals surface area contributed by atoms with E-state index in [1.165, 1.54) is 0 Å². The van der Waals surface area contributed by atoms with Crippen LogP contribution in [0.15, 0.2) is 42.6 Å². The standard InChI is InChI=1S/C10H9NO3/c12-9(13)6-7-11-10(14)8-4-2-1-3-5-8/h1-7H,(H,11,14)(H,12,13)/b7-6+. The number of rotatable bonds is 3. The molecule has 0 aliphatic rings. The number of carboxylic acid groups (broad SMARTS) is 1. The van der Waals surface area contributed by atoms with Gasteiger partial charge in [0, 0.05) is 17.8 Å². The Bertz CT molecular complexity index is 357. The smallest absolute Gasteiger partial charge is 0.329 e. The first kappa shape index (κ1) is 9.98. The molecule has 0 fully saturated rings. The number of benzene rings is 1. The van der Waals surface area contributed by atoms with Gasteiger partial charge in [-0.25, -0.2) is 4.79 Å². The van der Waals surface area contributed by atoms with Crippen molar-refractivity contribution in [2.24, 2.45) is 0 Å². The van der Waals surface area contributed by atoms with E-state index in [0.717, 1.165) is 12.3 Å². The van der Waals surface area contributed by atoms with Crippen molar-refractivity contribution in [3.63, 3.8) is 0 Å². The van der Waals surface area contributed by atoms with E-state index in [9.17, 15) is 9.59 Å². The molecule has 0 radical (unpaired) electrons. The van der Waals surface area contributed by atoms with Crippen LogP contribution in [0.1, 0.15) is 10.4 Å². The molecule has 1 amide bonds. The maximum atomic E-state index is 11.3. The number of hydrogen-bond acceptors (Lipinski definition) is 2. The van der Waals surface area contributed by atoms with Crippen molar-refractivity contribution in [2.75, 3.05) is 0 Å². The van der Waals surface area contributed by atoms with Crippen LogP contribution in [-0.4, -0.2) is 17.0 Å². The lowest BCUT2D eigenvalue weighted by Gasteiger charge is -1.97. The van der Waals surface area contributed by atoms with Crippen LogP contribution < -0.4 is 5.32 Å². The zero-order chi connectivity index (χ0) is 10.4. The minimum Gasteiger partial charge on any atom is -0.478 e. The molecular weight excluding hydrogens is 182 g/mol. The van der Waals surface area contributed by atoms with Crippen LogP contribution in [0.3, 0.4) is 0 Å². The molecule has 14 heavy (non-hydrogen) atoms. The van der Waals surface area contributed by atoms with Crippen LogP contribution >= 0.6 is 0 Å². The second-order valence-electron chi connectivity index (χ2n) is 2.51. The summed E-state index contributed by atoms with van der Waals surface area (Å²) in [6.07, 6.45) is 1.96. The summed E-state index contributed by atoms with van der Waals surface area (Å²) in [5.74, 6) is -1.43. The van der Waals surface area contributed by atoms with Gasteiger partial charge in [-0.1, -0.05) is 18.2 Å². The van der Waals surface area contributed by atoms with Gasteiger partial charge in [0.1, 0.15) is 0 Å². The molecule has 0 aromatic heterocycles. The molecule has 0 spiro atoms. The van der Waals surface area contributed by atoms with E-state index in [2.05, 4.69) is 5.32 Å². The monoisotopic (exact) mass is 191 g/mol. The number of carboxylic acids is 1. The van der Waals surface area contributed by atoms with Gasteiger partial charge in [0.25, 0.3) is 5.91 Å². The quantitative estimate of drug-likeness (QED) is 0.701. The first-order valence-electron chi connectivity index (χ1n) is 3.95. The highest BCUT2D eigenvalue weighted by Crippen LogP contribution is 1.97. The van der Waals surface area contributed by atoms with E-state index in [0.29, 0.717) is 5.56 Å². The summed E-state index contributed by atoms with van der Waals surface area (Å²) in [4.78, 5) is 21.4. The summed E-state index contributed by atoms with van der Waals surface area (Å²) in [5, 5.41) is 10.6. The van der Waals surface area contributed by atoms with Crippen LogP contribution in [-0.2, 0) is 4.79 Å². The van der Waals surface area contributed by atoms with E-state index in [1.807, 2.05) is 0 Å².